The van der Waals surface area contributed by atoms with E-state index >= 15 is 0 Å². The summed E-state index contributed by atoms with van der Waals surface area (Å²) >= 11 is 4.31. The number of carbonyl (C=O) groups excluding carboxylic acids is 1. The zero-order valence-electron chi connectivity index (χ0n) is 11.5. The van der Waals surface area contributed by atoms with Crippen LogP contribution in [0.5, 0.6) is 0 Å². The van der Waals surface area contributed by atoms with Crippen LogP contribution >= 0.6 is 27.9 Å². The van der Waals surface area contributed by atoms with Gasteiger partial charge in [-0.05, 0) is 42.3 Å². The van der Waals surface area contributed by atoms with E-state index in [1.54, 1.807) is 37.4 Å². The molecule has 0 saturated heterocycles. The first-order valence-electron chi connectivity index (χ1n) is 6.19. The highest BCUT2D eigenvalue weighted by Gasteiger charge is 2.18. The van der Waals surface area contributed by atoms with Gasteiger partial charge in [-0.3, -0.25) is 14.4 Å². The maximum atomic E-state index is 12.1. The summed E-state index contributed by atoms with van der Waals surface area (Å²) in [6.45, 7) is 0. The number of halogens is 1. The van der Waals surface area contributed by atoms with Crippen LogP contribution < -0.4 is 5.32 Å². The Balaban J connectivity index is 2.05. The number of para-hydroxylation sites is 1. The molecule has 0 spiro atoms. The maximum Gasteiger partial charge on any atom is 0.331 e. The van der Waals surface area contributed by atoms with E-state index in [4.69, 9.17) is 0 Å². The van der Waals surface area contributed by atoms with Crippen molar-refractivity contribution in [3.63, 3.8) is 0 Å². The van der Waals surface area contributed by atoms with Gasteiger partial charge in [0.15, 0.2) is 0 Å². The van der Waals surface area contributed by atoms with E-state index in [0.717, 1.165) is 16.4 Å². The Labute approximate surface area is 139 Å². The number of rotatable bonds is 4. The summed E-state index contributed by atoms with van der Waals surface area (Å²) in [5.74, 6) is 0. The molecule has 2 aromatic rings. The average molecular weight is 382 g/mol. The molecular weight excluding hydrogens is 370 g/mol. The van der Waals surface area contributed by atoms with Gasteiger partial charge in [0.05, 0.1) is 4.92 Å². The van der Waals surface area contributed by atoms with E-state index in [1.807, 2.05) is 12.1 Å². The van der Waals surface area contributed by atoms with Gasteiger partial charge in [0.2, 0.25) is 0 Å². The fraction of sp³-hybridized carbons (Fsp3) is 0.0714. The van der Waals surface area contributed by atoms with Gasteiger partial charge < -0.3 is 5.32 Å². The molecular formula is C14H12BrN3O3S. The minimum Gasteiger partial charge on any atom is -0.307 e. The van der Waals surface area contributed by atoms with Crippen LogP contribution in [0.3, 0.4) is 0 Å². The molecule has 1 N–H and O–H groups in total. The van der Waals surface area contributed by atoms with Gasteiger partial charge >= 0.3 is 6.03 Å². The van der Waals surface area contributed by atoms with Crippen molar-refractivity contribution in [1.29, 1.82) is 0 Å². The second kappa shape index (κ2) is 7.28. The molecule has 0 aliphatic heterocycles. The first-order chi connectivity index (χ1) is 10.5. The highest BCUT2D eigenvalue weighted by atomic mass is 79.9. The lowest BCUT2D eigenvalue weighted by Crippen LogP contribution is -2.25. The monoisotopic (exact) mass is 381 g/mol. The molecule has 6 nitrogen and oxygen atoms in total. The van der Waals surface area contributed by atoms with Crippen molar-refractivity contribution in [1.82, 2.24) is 4.31 Å². The maximum absolute atomic E-state index is 12.1. The Morgan fingerprint density at radius 1 is 1.23 bits per heavy atom. The molecule has 0 heterocycles. The molecule has 2 amide bonds. The van der Waals surface area contributed by atoms with Crippen molar-refractivity contribution in [3.8, 4) is 0 Å². The first kappa shape index (κ1) is 16.3. The van der Waals surface area contributed by atoms with E-state index in [-0.39, 0.29) is 11.7 Å². The van der Waals surface area contributed by atoms with Gasteiger partial charge in [-0.15, -0.1) is 0 Å². The number of anilines is 1. The van der Waals surface area contributed by atoms with Crippen molar-refractivity contribution >= 4 is 45.3 Å². The minimum atomic E-state index is -0.469. The Morgan fingerprint density at radius 2 is 1.86 bits per heavy atom. The van der Waals surface area contributed by atoms with Crippen LogP contribution in [-0.2, 0) is 0 Å². The second-order valence-corrected chi connectivity index (χ2v) is 6.34. The molecule has 0 aliphatic carbocycles. The highest BCUT2D eigenvalue weighted by molar-refractivity contribution is 9.10. The third kappa shape index (κ3) is 4.22. The van der Waals surface area contributed by atoms with Gasteiger partial charge in [0, 0.05) is 23.3 Å². The highest BCUT2D eigenvalue weighted by Crippen LogP contribution is 2.30. The molecule has 0 atom stereocenters. The van der Waals surface area contributed by atoms with Crippen molar-refractivity contribution in [2.75, 3.05) is 12.4 Å². The van der Waals surface area contributed by atoms with Crippen molar-refractivity contribution in [2.45, 2.75) is 4.90 Å². The van der Waals surface area contributed by atoms with Crippen molar-refractivity contribution in [2.24, 2.45) is 0 Å². The number of benzene rings is 2. The van der Waals surface area contributed by atoms with Crippen molar-refractivity contribution < 1.29 is 9.72 Å². The number of hydrogen-bond donors (Lipinski definition) is 1. The molecule has 0 aromatic heterocycles. The molecule has 0 unspecified atom stereocenters. The smallest absolute Gasteiger partial charge is 0.307 e. The predicted octanol–water partition coefficient (Wildman–Crippen LogP) is 4.53. The molecule has 22 heavy (non-hydrogen) atoms. The zero-order chi connectivity index (χ0) is 16.1. The van der Waals surface area contributed by atoms with Crippen LogP contribution in [0.25, 0.3) is 0 Å². The number of carbonyl (C=O) groups is 1. The fourth-order valence-corrected chi connectivity index (χ4v) is 2.67. The van der Waals surface area contributed by atoms with Gasteiger partial charge in [-0.2, -0.15) is 0 Å². The number of nitro benzene ring substituents is 1. The Morgan fingerprint density at radius 3 is 2.50 bits per heavy atom. The van der Waals surface area contributed by atoms with Gasteiger partial charge in [0.1, 0.15) is 4.90 Å². The molecule has 2 aromatic carbocycles. The lowest BCUT2D eigenvalue weighted by atomic mass is 10.3. The van der Waals surface area contributed by atoms with E-state index < -0.39 is 4.92 Å². The number of nitrogens with one attached hydrogen (secondary N) is 1. The fourth-order valence-electron chi connectivity index (χ4n) is 1.61. The van der Waals surface area contributed by atoms with Crippen molar-refractivity contribution in [3.05, 3.63) is 63.1 Å². The second-order valence-electron chi connectivity index (χ2n) is 4.25. The van der Waals surface area contributed by atoms with E-state index in [9.17, 15) is 14.9 Å². The van der Waals surface area contributed by atoms with E-state index in [0.29, 0.717) is 10.6 Å². The topological polar surface area (TPSA) is 75.5 Å². The predicted molar refractivity (Wildman–Crippen MR) is 89.9 cm³/mol. The summed E-state index contributed by atoms with van der Waals surface area (Å²) < 4.78 is 2.22. The van der Waals surface area contributed by atoms with Gasteiger partial charge in [0.25, 0.3) is 5.69 Å². The lowest BCUT2D eigenvalue weighted by molar-refractivity contribution is -0.387. The number of hydrogen-bond acceptors (Lipinski definition) is 4. The zero-order valence-corrected chi connectivity index (χ0v) is 13.9. The van der Waals surface area contributed by atoms with Crippen LogP contribution in [0, 0.1) is 10.1 Å². The van der Waals surface area contributed by atoms with E-state index in [1.165, 1.54) is 10.4 Å². The van der Waals surface area contributed by atoms with Crippen LogP contribution in [-0.4, -0.2) is 22.3 Å². The summed E-state index contributed by atoms with van der Waals surface area (Å²) in [6, 6.07) is 13.0. The molecule has 0 saturated carbocycles. The molecule has 0 bridgehead atoms. The number of urea groups is 1. The lowest BCUT2D eigenvalue weighted by Gasteiger charge is -2.16. The third-order valence-electron chi connectivity index (χ3n) is 2.68. The molecule has 0 aliphatic rings. The summed E-state index contributed by atoms with van der Waals surface area (Å²) in [4.78, 5) is 23.0. The number of nitrogens with zero attached hydrogens (tertiary/aromatic N) is 2. The normalized spacial score (nSPS) is 10.1. The van der Waals surface area contributed by atoms with Gasteiger partial charge in [-0.25, -0.2) is 4.79 Å². The van der Waals surface area contributed by atoms with Gasteiger partial charge in [-0.1, -0.05) is 28.1 Å². The summed E-state index contributed by atoms with van der Waals surface area (Å²) in [7, 11) is 1.55. The van der Waals surface area contributed by atoms with E-state index in [2.05, 4.69) is 21.2 Å². The summed E-state index contributed by atoms with van der Waals surface area (Å²) in [6.07, 6.45) is 0. The quantitative estimate of drug-likeness (QED) is 0.479. The Hall–Kier alpha value is -2.06. The Bertz CT molecular complexity index is 694. The standard InChI is InChI=1S/C14H12BrN3O3S/c1-17(14(19)16-11-8-6-10(15)7-9-11)22-13-5-3-2-4-12(13)18(20)21/h2-9H,1H3,(H,16,19). The molecule has 114 valence electrons. The Kier molecular flexibility index (Phi) is 5.40. The minimum absolute atomic E-state index is 0.0317. The average Bonchev–Trinajstić information content (AvgIpc) is 2.49. The molecule has 0 fully saturated rings. The summed E-state index contributed by atoms with van der Waals surface area (Å²) in [5.41, 5.74) is 0.610. The largest absolute Gasteiger partial charge is 0.331 e. The molecule has 2 rings (SSSR count). The summed E-state index contributed by atoms with van der Waals surface area (Å²) in [5, 5.41) is 13.7. The first-order valence-corrected chi connectivity index (χ1v) is 7.75. The van der Waals surface area contributed by atoms with Crippen LogP contribution in [0.1, 0.15) is 0 Å². The third-order valence-corrected chi connectivity index (χ3v) is 4.19. The number of nitro groups is 1. The van der Waals surface area contributed by atoms with Crippen LogP contribution in [0.15, 0.2) is 57.9 Å². The van der Waals surface area contributed by atoms with Crippen LogP contribution in [0.2, 0.25) is 0 Å². The molecule has 0 radical (unpaired) electrons. The SMILES string of the molecule is CN(Sc1ccccc1[N+](=O)[O-])C(=O)Nc1ccc(Br)cc1. The number of amides is 2. The molecule has 8 heteroatoms. The van der Waals surface area contributed by atoms with Crippen LogP contribution in [0.4, 0.5) is 16.2 Å².